The van der Waals surface area contributed by atoms with E-state index >= 15 is 0 Å². The number of rotatable bonds is 14. The van der Waals surface area contributed by atoms with Crippen molar-refractivity contribution in [1.82, 2.24) is 4.90 Å². The third-order valence-corrected chi connectivity index (χ3v) is 6.36. The zero-order chi connectivity index (χ0) is 26.9. The summed E-state index contributed by atoms with van der Waals surface area (Å²) in [7, 11) is 0. The largest absolute Gasteiger partial charge is 0.457 e. The highest BCUT2D eigenvalue weighted by Crippen LogP contribution is 2.31. The van der Waals surface area contributed by atoms with E-state index in [4.69, 9.17) is 23.7 Å². The quantitative estimate of drug-likeness (QED) is 0.228. The van der Waals surface area contributed by atoms with Gasteiger partial charge in [-0.15, -0.1) is 0 Å². The first-order valence-electron chi connectivity index (χ1n) is 12.7. The lowest BCUT2D eigenvalue weighted by atomic mass is 9.98. The van der Waals surface area contributed by atoms with Crippen LogP contribution in [0.4, 0.5) is 4.79 Å². The second-order valence-corrected chi connectivity index (χ2v) is 9.55. The van der Waals surface area contributed by atoms with Gasteiger partial charge in [0.05, 0.1) is 32.5 Å². The molecule has 9 heteroatoms. The Balaban J connectivity index is 1.74. The predicted octanol–water partition coefficient (Wildman–Crippen LogP) is 4.04. The van der Waals surface area contributed by atoms with Crippen LogP contribution in [0, 0.1) is 18.8 Å². The minimum atomic E-state index is -1.10. The number of imide groups is 1. The number of carbonyl (C=O) groups is 3. The van der Waals surface area contributed by atoms with Crippen molar-refractivity contribution in [2.75, 3.05) is 39.6 Å². The average molecular weight is 516 g/mol. The van der Waals surface area contributed by atoms with Crippen LogP contribution in [0.3, 0.4) is 0 Å². The minimum absolute atomic E-state index is 0.00398. The predicted molar refractivity (Wildman–Crippen MR) is 136 cm³/mol. The van der Waals surface area contributed by atoms with Crippen molar-refractivity contribution in [3.8, 4) is 11.1 Å². The van der Waals surface area contributed by atoms with Gasteiger partial charge in [-0.1, -0.05) is 43.7 Å². The van der Waals surface area contributed by atoms with Gasteiger partial charge in [0.1, 0.15) is 18.3 Å². The maximum absolute atomic E-state index is 13.3. The number of Topliss-reactive ketones (excluding diaryl/α,β-unsaturated/α-hetero) is 1. The fraction of sp³-hybridized carbons (Fsp3) is 0.536. The molecule has 1 aromatic heterocycles. The SMILES string of the molecule is Cc1cccc(-c2cc(C(=O)C(C)C(=O)N3C(=O)OCC3C(C)C)oc2CCCOCCOCCO)c1. The summed E-state index contributed by atoms with van der Waals surface area (Å²) in [6.07, 6.45) is 0.472. The van der Waals surface area contributed by atoms with E-state index in [0.717, 1.165) is 21.6 Å². The summed E-state index contributed by atoms with van der Waals surface area (Å²) in [6.45, 7) is 8.97. The molecule has 2 aromatic rings. The molecular formula is C28H37NO8. The average Bonchev–Trinajstić information content (AvgIpc) is 3.48. The topological polar surface area (TPSA) is 116 Å². The summed E-state index contributed by atoms with van der Waals surface area (Å²) in [5.41, 5.74) is 2.77. The Kier molecular flexibility index (Phi) is 10.4. The van der Waals surface area contributed by atoms with Crippen molar-refractivity contribution in [3.05, 3.63) is 47.4 Å². The molecule has 0 spiro atoms. The van der Waals surface area contributed by atoms with Crippen LogP contribution in [0.25, 0.3) is 11.1 Å². The third-order valence-electron chi connectivity index (χ3n) is 6.36. The molecule has 0 saturated carbocycles. The Labute approximate surface area is 217 Å². The summed E-state index contributed by atoms with van der Waals surface area (Å²) in [6, 6.07) is 9.17. The first-order chi connectivity index (χ1) is 17.7. The van der Waals surface area contributed by atoms with Crippen molar-refractivity contribution >= 4 is 17.8 Å². The molecule has 2 heterocycles. The number of hydrogen-bond donors (Lipinski definition) is 1. The molecule has 1 aromatic carbocycles. The second-order valence-electron chi connectivity index (χ2n) is 9.55. The van der Waals surface area contributed by atoms with Crippen LogP contribution in [0.15, 0.2) is 34.7 Å². The van der Waals surface area contributed by atoms with Crippen molar-refractivity contribution in [2.24, 2.45) is 11.8 Å². The molecule has 3 rings (SSSR count). The highest BCUT2D eigenvalue weighted by atomic mass is 16.6. The van der Waals surface area contributed by atoms with Crippen molar-refractivity contribution < 1.29 is 38.1 Å². The van der Waals surface area contributed by atoms with Gasteiger partial charge in [0.2, 0.25) is 11.7 Å². The lowest BCUT2D eigenvalue weighted by Gasteiger charge is -2.24. The highest BCUT2D eigenvalue weighted by molar-refractivity contribution is 6.12. The van der Waals surface area contributed by atoms with Crippen molar-refractivity contribution in [1.29, 1.82) is 0 Å². The van der Waals surface area contributed by atoms with E-state index in [1.807, 2.05) is 45.0 Å². The maximum Gasteiger partial charge on any atom is 0.417 e. The number of aryl methyl sites for hydroxylation is 2. The molecule has 1 fully saturated rings. The highest BCUT2D eigenvalue weighted by Gasteiger charge is 2.43. The number of benzene rings is 1. The Morgan fingerprint density at radius 2 is 1.84 bits per heavy atom. The molecule has 202 valence electrons. The lowest BCUT2D eigenvalue weighted by molar-refractivity contribution is -0.132. The Bertz CT molecular complexity index is 1080. The van der Waals surface area contributed by atoms with Gasteiger partial charge in [-0.2, -0.15) is 0 Å². The number of aliphatic hydroxyl groups excluding tert-OH is 1. The summed E-state index contributed by atoms with van der Waals surface area (Å²) >= 11 is 0. The summed E-state index contributed by atoms with van der Waals surface area (Å²) in [4.78, 5) is 39.8. The van der Waals surface area contributed by atoms with Gasteiger partial charge in [0.25, 0.3) is 0 Å². The Morgan fingerprint density at radius 3 is 2.51 bits per heavy atom. The molecule has 1 aliphatic rings. The Morgan fingerprint density at radius 1 is 1.11 bits per heavy atom. The number of amides is 2. The van der Waals surface area contributed by atoms with Gasteiger partial charge in [0, 0.05) is 18.6 Å². The molecule has 1 saturated heterocycles. The molecule has 1 aliphatic heterocycles. The van der Waals surface area contributed by atoms with E-state index in [2.05, 4.69) is 0 Å². The molecule has 9 nitrogen and oxygen atoms in total. The van der Waals surface area contributed by atoms with E-state index in [-0.39, 0.29) is 31.5 Å². The number of nitrogens with zero attached hydrogens (tertiary/aromatic N) is 1. The van der Waals surface area contributed by atoms with Crippen LogP contribution in [-0.2, 0) is 25.4 Å². The third kappa shape index (κ3) is 7.28. The molecule has 2 amide bonds. The van der Waals surface area contributed by atoms with Crippen LogP contribution in [0.5, 0.6) is 0 Å². The first-order valence-corrected chi connectivity index (χ1v) is 12.7. The molecule has 0 aliphatic carbocycles. The molecule has 0 bridgehead atoms. The van der Waals surface area contributed by atoms with E-state index in [1.165, 1.54) is 6.92 Å². The monoisotopic (exact) mass is 515 g/mol. The van der Waals surface area contributed by atoms with Gasteiger partial charge in [-0.3, -0.25) is 9.59 Å². The fourth-order valence-corrected chi connectivity index (χ4v) is 4.23. The van der Waals surface area contributed by atoms with Crippen LogP contribution in [-0.4, -0.2) is 73.5 Å². The molecule has 1 N–H and O–H groups in total. The summed E-state index contributed by atoms with van der Waals surface area (Å²) < 4.78 is 21.9. The lowest BCUT2D eigenvalue weighted by Crippen LogP contribution is -2.45. The van der Waals surface area contributed by atoms with Crippen LogP contribution >= 0.6 is 0 Å². The maximum atomic E-state index is 13.3. The van der Waals surface area contributed by atoms with Crippen LogP contribution in [0.1, 0.15) is 49.1 Å². The van der Waals surface area contributed by atoms with Crippen LogP contribution < -0.4 is 0 Å². The van der Waals surface area contributed by atoms with Gasteiger partial charge in [-0.25, -0.2) is 9.69 Å². The van der Waals surface area contributed by atoms with Crippen LogP contribution in [0.2, 0.25) is 0 Å². The summed E-state index contributed by atoms with van der Waals surface area (Å²) in [5.74, 6) is -1.45. The van der Waals surface area contributed by atoms with Gasteiger partial charge in [-0.05, 0) is 37.8 Å². The number of ketones is 1. The number of furan rings is 1. The van der Waals surface area contributed by atoms with Gasteiger partial charge < -0.3 is 23.7 Å². The van der Waals surface area contributed by atoms with Crippen molar-refractivity contribution in [2.45, 2.75) is 46.6 Å². The number of cyclic esters (lactones) is 1. The minimum Gasteiger partial charge on any atom is -0.457 e. The van der Waals surface area contributed by atoms with E-state index in [0.29, 0.717) is 38.4 Å². The zero-order valence-corrected chi connectivity index (χ0v) is 22.0. The molecule has 2 atom stereocenters. The summed E-state index contributed by atoms with van der Waals surface area (Å²) in [5, 5.41) is 8.73. The fourth-order valence-electron chi connectivity index (χ4n) is 4.23. The smallest absolute Gasteiger partial charge is 0.417 e. The molecule has 2 unspecified atom stereocenters. The zero-order valence-electron chi connectivity index (χ0n) is 22.0. The number of ether oxygens (including phenoxy) is 3. The van der Waals surface area contributed by atoms with E-state index < -0.39 is 29.7 Å². The van der Waals surface area contributed by atoms with Crippen molar-refractivity contribution in [3.63, 3.8) is 0 Å². The second kappa shape index (κ2) is 13.5. The Hall–Kier alpha value is -3.01. The normalized spacial score (nSPS) is 16.3. The number of hydrogen-bond acceptors (Lipinski definition) is 8. The molecular weight excluding hydrogens is 478 g/mol. The molecule has 0 radical (unpaired) electrons. The number of carbonyl (C=O) groups excluding carboxylic acids is 3. The number of aliphatic hydroxyl groups is 1. The standard InChI is InChI=1S/C28H37NO8/c1-18(2)23-17-36-28(33)29(23)27(32)20(4)26(31)25-16-22(21-8-5-7-19(3)15-21)24(37-25)9-6-11-34-13-14-35-12-10-30/h5,7-8,15-16,18,20,23,30H,6,9-14,17H2,1-4H3. The van der Waals surface area contributed by atoms with Gasteiger partial charge in [0.15, 0.2) is 5.76 Å². The van der Waals surface area contributed by atoms with E-state index in [1.54, 1.807) is 6.07 Å². The van der Waals surface area contributed by atoms with E-state index in [9.17, 15) is 14.4 Å². The van der Waals surface area contributed by atoms with Gasteiger partial charge >= 0.3 is 6.09 Å². The first kappa shape index (κ1) is 28.6. The molecule has 37 heavy (non-hydrogen) atoms.